The van der Waals surface area contributed by atoms with E-state index in [0.29, 0.717) is 18.2 Å². The summed E-state index contributed by atoms with van der Waals surface area (Å²) < 4.78 is 28.5. The van der Waals surface area contributed by atoms with Gasteiger partial charge in [-0.25, -0.2) is 9.71 Å². The Balaban J connectivity index is 1.62. The van der Waals surface area contributed by atoms with E-state index in [0.717, 1.165) is 25.0 Å². The lowest BCUT2D eigenvalue weighted by Gasteiger charge is -2.31. The molecule has 1 saturated heterocycles. The number of amides is 1. The third-order valence-electron chi connectivity index (χ3n) is 6.89. The van der Waals surface area contributed by atoms with Crippen LogP contribution in [0.15, 0.2) is 59.8 Å². The second kappa shape index (κ2) is 9.44. The molecule has 0 aliphatic carbocycles. The van der Waals surface area contributed by atoms with Crippen LogP contribution in [0.1, 0.15) is 55.2 Å². The van der Waals surface area contributed by atoms with Gasteiger partial charge in [0, 0.05) is 18.3 Å². The molecule has 5 rings (SSSR count). The van der Waals surface area contributed by atoms with Crippen molar-refractivity contribution in [3.05, 3.63) is 77.4 Å². The highest BCUT2D eigenvalue weighted by Crippen LogP contribution is 2.41. The number of rotatable bonds is 1. The van der Waals surface area contributed by atoms with Crippen LogP contribution in [-0.4, -0.2) is 41.4 Å². The number of hydrogen-bond donors (Lipinski definition) is 2. The summed E-state index contributed by atoms with van der Waals surface area (Å²) in [6.45, 7) is 12.2. The fourth-order valence-electron chi connectivity index (χ4n) is 5.17. The fraction of sp³-hybridized carbons (Fsp3) is 0.346. The minimum absolute atomic E-state index is 0.0974. The van der Waals surface area contributed by atoms with Crippen molar-refractivity contribution in [1.82, 2.24) is 19.7 Å². The summed E-state index contributed by atoms with van der Waals surface area (Å²) in [6.07, 6.45) is 4.17. The average Bonchev–Trinajstić information content (AvgIpc) is 3.19. The highest BCUT2D eigenvalue weighted by molar-refractivity contribution is 7.90. The zero-order chi connectivity index (χ0) is 26.2. The van der Waals surface area contributed by atoms with Gasteiger partial charge < -0.3 is 15.1 Å². The van der Waals surface area contributed by atoms with E-state index < -0.39 is 15.9 Å². The highest BCUT2D eigenvalue weighted by Gasteiger charge is 2.42. The Morgan fingerprint density at radius 3 is 2.68 bits per heavy atom. The number of sulfonamides is 1. The molecule has 1 amide bonds. The van der Waals surface area contributed by atoms with Gasteiger partial charge in [0.25, 0.3) is 21.7 Å². The molecular weight excluding hydrogens is 490 g/mol. The maximum atomic E-state index is 13.3. The number of pyridine rings is 3. The van der Waals surface area contributed by atoms with Crippen LogP contribution >= 0.6 is 0 Å². The maximum absolute atomic E-state index is 13.3. The SMILES string of the molecule is [C-]#[N+]c1ccc2c(n1)N1C[C@@H](CC[C@H](c3ccccn3)Nc3cccc(n3)S(=O)(=O)NC2=O)CC1(C)C. The third-order valence-corrected chi connectivity index (χ3v) is 8.12. The predicted octanol–water partition coefficient (Wildman–Crippen LogP) is 4.09. The smallest absolute Gasteiger partial charge is 0.281 e. The monoisotopic (exact) mass is 517 g/mol. The van der Waals surface area contributed by atoms with Gasteiger partial charge in [-0.2, -0.15) is 8.42 Å². The van der Waals surface area contributed by atoms with Gasteiger partial charge in [0.05, 0.1) is 11.7 Å². The van der Waals surface area contributed by atoms with Gasteiger partial charge in [-0.1, -0.05) is 24.8 Å². The second-order valence-electron chi connectivity index (χ2n) is 9.97. The van der Waals surface area contributed by atoms with E-state index in [2.05, 4.69) is 43.7 Å². The lowest BCUT2D eigenvalue weighted by atomic mass is 9.91. The number of aromatic nitrogens is 3. The van der Waals surface area contributed by atoms with Gasteiger partial charge in [-0.3, -0.25) is 9.78 Å². The first-order valence-corrected chi connectivity index (χ1v) is 13.5. The molecule has 2 N–H and O–H groups in total. The number of hydrogen-bond acceptors (Lipinski definition) is 8. The first-order chi connectivity index (χ1) is 17.7. The number of nitrogens with one attached hydrogen (secondary N) is 2. The number of nitrogens with zero attached hydrogens (tertiary/aromatic N) is 5. The molecule has 2 aliphatic rings. The van der Waals surface area contributed by atoms with E-state index in [1.54, 1.807) is 18.3 Å². The molecule has 1 fully saturated rings. The molecule has 190 valence electrons. The minimum Gasteiger partial charge on any atom is -0.362 e. The molecule has 11 heteroatoms. The molecule has 4 bridgehead atoms. The Labute approximate surface area is 216 Å². The summed E-state index contributed by atoms with van der Waals surface area (Å²) in [4.78, 5) is 32.0. The summed E-state index contributed by atoms with van der Waals surface area (Å²) in [7, 11) is -4.28. The standard InChI is InChI=1S/C26H27N7O3S/c1-26(2)15-17-10-12-20(19-7-4-5-14-28-19)29-22-8-6-9-23(30-22)37(35,36)32-25(34)18-11-13-21(27-3)31-24(18)33(26)16-17/h4-9,11,13-14,17,20H,10,12,15-16H2,1-2H3,(H,29,30)(H,32,34)/t17-,20+/m0/s1. The number of fused-ring (bicyclic) bond motifs is 6. The molecule has 0 unspecified atom stereocenters. The lowest BCUT2D eigenvalue weighted by Crippen LogP contribution is -2.41. The molecule has 3 aromatic heterocycles. The van der Waals surface area contributed by atoms with Crippen LogP contribution in [0.5, 0.6) is 0 Å². The molecule has 37 heavy (non-hydrogen) atoms. The van der Waals surface area contributed by atoms with Gasteiger partial charge >= 0.3 is 0 Å². The summed E-state index contributed by atoms with van der Waals surface area (Å²) in [5.74, 6) is 0.285. The van der Waals surface area contributed by atoms with Crippen molar-refractivity contribution in [3.8, 4) is 0 Å². The third kappa shape index (κ3) is 4.97. The minimum atomic E-state index is -4.28. The average molecular weight is 518 g/mol. The van der Waals surface area contributed by atoms with Gasteiger partial charge in [-0.05, 0) is 69.4 Å². The van der Waals surface area contributed by atoms with Crippen LogP contribution in [0.4, 0.5) is 17.5 Å². The van der Waals surface area contributed by atoms with Crippen LogP contribution in [0.25, 0.3) is 4.85 Å². The zero-order valence-corrected chi connectivity index (χ0v) is 21.4. The van der Waals surface area contributed by atoms with Crippen LogP contribution in [-0.2, 0) is 10.0 Å². The van der Waals surface area contributed by atoms with Crippen LogP contribution in [0, 0.1) is 12.5 Å². The molecule has 2 aliphatic heterocycles. The molecule has 10 nitrogen and oxygen atoms in total. The van der Waals surface area contributed by atoms with E-state index in [-0.39, 0.29) is 33.9 Å². The van der Waals surface area contributed by atoms with Crippen molar-refractivity contribution in [2.75, 3.05) is 16.8 Å². The van der Waals surface area contributed by atoms with Crippen molar-refractivity contribution in [3.63, 3.8) is 0 Å². The van der Waals surface area contributed by atoms with Crippen LogP contribution < -0.4 is 14.9 Å². The van der Waals surface area contributed by atoms with Crippen LogP contribution in [0.2, 0.25) is 0 Å². The predicted molar refractivity (Wildman–Crippen MR) is 139 cm³/mol. The normalized spacial score (nSPS) is 22.4. The van der Waals surface area contributed by atoms with Gasteiger partial charge in [0.15, 0.2) is 5.03 Å². The molecule has 0 spiro atoms. The fourth-order valence-corrected chi connectivity index (χ4v) is 6.10. The molecule has 3 aromatic rings. The Morgan fingerprint density at radius 2 is 1.92 bits per heavy atom. The largest absolute Gasteiger partial charge is 0.362 e. The van der Waals surface area contributed by atoms with Crippen molar-refractivity contribution >= 4 is 33.4 Å². The van der Waals surface area contributed by atoms with Crippen molar-refractivity contribution in [2.45, 2.75) is 49.7 Å². The molecular formula is C26H27N7O3S. The molecule has 5 heterocycles. The van der Waals surface area contributed by atoms with Crippen molar-refractivity contribution in [1.29, 1.82) is 0 Å². The van der Waals surface area contributed by atoms with Crippen molar-refractivity contribution < 1.29 is 13.2 Å². The quantitative estimate of drug-likeness (QED) is 0.463. The van der Waals surface area contributed by atoms with Gasteiger partial charge in [0.1, 0.15) is 11.4 Å². The Bertz CT molecular complexity index is 1490. The molecule has 0 saturated carbocycles. The number of anilines is 2. The van der Waals surface area contributed by atoms with Crippen LogP contribution in [0.3, 0.4) is 0 Å². The molecule has 2 atom stereocenters. The lowest BCUT2D eigenvalue weighted by molar-refractivity contribution is 0.0981. The van der Waals surface area contributed by atoms with E-state index in [1.807, 2.05) is 23.1 Å². The Hall–Kier alpha value is -4.04. The molecule has 0 aromatic carbocycles. The topological polar surface area (TPSA) is 122 Å². The first kappa shape index (κ1) is 24.6. The Kier molecular flexibility index (Phi) is 6.29. The summed E-state index contributed by atoms with van der Waals surface area (Å²) in [5.41, 5.74) is 0.571. The second-order valence-corrected chi connectivity index (χ2v) is 11.6. The Morgan fingerprint density at radius 1 is 1.08 bits per heavy atom. The number of carbonyl (C=O) groups is 1. The van der Waals surface area contributed by atoms with Crippen molar-refractivity contribution in [2.24, 2.45) is 5.92 Å². The highest BCUT2D eigenvalue weighted by atomic mass is 32.2. The summed E-state index contributed by atoms with van der Waals surface area (Å²) >= 11 is 0. The van der Waals surface area contributed by atoms with E-state index in [4.69, 9.17) is 6.57 Å². The number of carbonyl (C=O) groups excluding carboxylic acids is 1. The van der Waals surface area contributed by atoms with Gasteiger partial charge in [-0.15, -0.1) is 4.98 Å². The molecule has 0 radical (unpaired) electrons. The first-order valence-electron chi connectivity index (χ1n) is 12.0. The summed E-state index contributed by atoms with van der Waals surface area (Å²) in [5, 5.41) is 3.07. The van der Waals surface area contributed by atoms with E-state index in [9.17, 15) is 13.2 Å². The van der Waals surface area contributed by atoms with Gasteiger partial charge in [0.2, 0.25) is 5.82 Å². The van der Waals surface area contributed by atoms with E-state index >= 15 is 0 Å². The van der Waals surface area contributed by atoms with E-state index in [1.165, 1.54) is 18.2 Å². The zero-order valence-electron chi connectivity index (χ0n) is 20.5. The summed E-state index contributed by atoms with van der Waals surface area (Å²) in [6, 6.07) is 13.0. The maximum Gasteiger partial charge on any atom is 0.281 e.